The van der Waals surface area contributed by atoms with E-state index in [1.807, 2.05) is 44.2 Å². The van der Waals surface area contributed by atoms with Crippen molar-refractivity contribution in [1.29, 1.82) is 0 Å². The number of imide groups is 1. The molecule has 0 N–H and O–H groups in total. The normalized spacial score (nSPS) is 36.7. The SMILES string of the molecule is Cc1ccc(N2C(=O)[C@H]3[C@@H](C2=O)[C@]2(C)C=C[C@H]3O2)cc1Br. The Balaban J connectivity index is 1.78. The number of anilines is 1. The summed E-state index contributed by atoms with van der Waals surface area (Å²) in [7, 11) is 0. The van der Waals surface area contributed by atoms with E-state index in [1.54, 1.807) is 0 Å². The first-order valence-electron chi connectivity index (χ1n) is 6.93. The summed E-state index contributed by atoms with van der Waals surface area (Å²) in [6, 6.07) is 5.54. The van der Waals surface area contributed by atoms with Gasteiger partial charge in [0.15, 0.2) is 0 Å². The molecule has 4 atom stereocenters. The van der Waals surface area contributed by atoms with Crippen LogP contribution < -0.4 is 4.90 Å². The molecule has 3 aliphatic heterocycles. The molecule has 108 valence electrons. The number of halogens is 1. The number of fused-ring (bicyclic) bond motifs is 5. The third kappa shape index (κ3) is 1.59. The molecular formula is C16H14BrNO3. The highest BCUT2D eigenvalue weighted by molar-refractivity contribution is 9.10. The minimum atomic E-state index is -0.640. The number of aryl methyl sites for hydroxylation is 1. The molecule has 4 nitrogen and oxygen atoms in total. The molecule has 0 saturated carbocycles. The van der Waals surface area contributed by atoms with Gasteiger partial charge >= 0.3 is 0 Å². The second-order valence-electron chi connectivity index (χ2n) is 6.07. The average Bonchev–Trinajstić information content (AvgIpc) is 3.03. The number of ether oxygens (including phenoxy) is 1. The van der Waals surface area contributed by atoms with Crippen LogP contribution in [0.2, 0.25) is 0 Å². The first kappa shape index (κ1) is 13.2. The molecule has 0 aromatic heterocycles. The van der Waals surface area contributed by atoms with Gasteiger partial charge in [-0.3, -0.25) is 9.59 Å². The van der Waals surface area contributed by atoms with Crippen molar-refractivity contribution in [1.82, 2.24) is 0 Å². The van der Waals surface area contributed by atoms with Gasteiger partial charge in [0.2, 0.25) is 11.8 Å². The molecule has 3 heterocycles. The maximum Gasteiger partial charge on any atom is 0.241 e. The molecule has 1 aromatic rings. The fourth-order valence-corrected chi connectivity index (χ4v) is 3.99. The van der Waals surface area contributed by atoms with Gasteiger partial charge in [-0.05, 0) is 31.5 Å². The summed E-state index contributed by atoms with van der Waals surface area (Å²) >= 11 is 3.45. The molecule has 0 spiro atoms. The number of benzene rings is 1. The summed E-state index contributed by atoms with van der Waals surface area (Å²) < 4.78 is 6.70. The van der Waals surface area contributed by atoms with Crippen molar-refractivity contribution in [3.8, 4) is 0 Å². The zero-order valence-electron chi connectivity index (χ0n) is 11.7. The van der Waals surface area contributed by atoms with Crippen LogP contribution in [0.25, 0.3) is 0 Å². The van der Waals surface area contributed by atoms with Crippen molar-refractivity contribution in [3.05, 3.63) is 40.4 Å². The van der Waals surface area contributed by atoms with E-state index in [2.05, 4.69) is 15.9 Å². The Labute approximate surface area is 130 Å². The fourth-order valence-electron chi connectivity index (χ4n) is 3.63. The molecule has 21 heavy (non-hydrogen) atoms. The Bertz CT molecular complexity index is 713. The van der Waals surface area contributed by atoms with E-state index in [0.29, 0.717) is 5.69 Å². The van der Waals surface area contributed by atoms with Gasteiger partial charge in [0.1, 0.15) is 0 Å². The van der Waals surface area contributed by atoms with Crippen molar-refractivity contribution in [2.24, 2.45) is 11.8 Å². The lowest BCUT2D eigenvalue weighted by molar-refractivity contribution is -0.126. The van der Waals surface area contributed by atoms with E-state index in [4.69, 9.17) is 4.74 Å². The number of carbonyl (C=O) groups is 2. The van der Waals surface area contributed by atoms with Crippen molar-refractivity contribution in [2.75, 3.05) is 4.90 Å². The zero-order chi connectivity index (χ0) is 14.9. The Morgan fingerprint density at radius 2 is 2.05 bits per heavy atom. The maximum absolute atomic E-state index is 12.8. The molecule has 2 amide bonds. The Kier molecular flexibility index (Phi) is 2.55. The Hall–Kier alpha value is -1.46. The summed E-state index contributed by atoms with van der Waals surface area (Å²) in [6.07, 6.45) is 3.55. The average molecular weight is 348 g/mol. The van der Waals surface area contributed by atoms with E-state index >= 15 is 0 Å². The van der Waals surface area contributed by atoms with Crippen LogP contribution in [0.5, 0.6) is 0 Å². The summed E-state index contributed by atoms with van der Waals surface area (Å²) in [5, 5.41) is 0. The first-order valence-corrected chi connectivity index (χ1v) is 7.73. The predicted octanol–water partition coefficient (Wildman–Crippen LogP) is 2.59. The molecule has 0 aliphatic carbocycles. The van der Waals surface area contributed by atoms with Gasteiger partial charge in [-0.1, -0.05) is 34.1 Å². The van der Waals surface area contributed by atoms with Crippen molar-refractivity contribution < 1.29 is 14.3 Å². The van der Waals surface area contributed by atoms with Gasteiger partial charge in [0, 0.05) is 4.47 Å². The highest BCUT2D eigenvalue weighted by Gasteiger charge is 2.66. The Morgan fingerprint density at radius 1 is 1.29 bits per heavy atom. The molecular weight excluding hydrogens is 334 g/mol. The minimum Gasteiger partial charge on any atom is -0.362 e. The second kappa shape index (κ2) is 4.05. The predicted molar refractivity (Wildman–Crippen MR) is 80.8 cm³/mol. The molecule has 0 radical (unpaired) electrons. The van der Waals surface area contributed by atoms with Crippen LogP contribution in [0.3, 0.4) is 0 Å². The van der Waals surface area contributed by atoms with Gasteiger partial charge in [-0.25, -0.2) is 4.90 Å². The number of nitrogens with zero attached hydrogens (tertiary/aromatic N) is 1. The van der Waals surface area contributed by atoms with E-state index in [0.717, 1.165) is 10.0 Å². The Morgan fingerprint density at radius 3 is 2.71 bits per heavy atom. The van der Waals surface area contributed by atoms with E-state index in [-0.39, 0.29) is 23.8 Å². The number of hydrogen-bond acceptors (Lipinski definition) is 3. The largest absolute Gasteiger partial charge is 0.362 e. The monoisotopic (exact) mass is 347 g/mol. The highest BCUT2D eigenvalue weighted by atomic mass is 79.9. The van der Waals surface area contributed by atoms with Crippen molar-refractivity contribution in [2.45, 2.75) is 25.6 Å². The van der Waals surface area contributed by atoms with Gasteiger partial charge < -0.3 is 4.74 Å². The first-order chi connectivity index (χ1) is 9.92. The van der Waals surface area contributed by atoms with Crippen LogP contribution in [-0.2, 0) is 14.3 Å². The lowest BCUT2D eigenvalue weighted by atomic mass is 9.78. The fraction of sp³-hybridized carbons (Fsp3) is 0.375. The van der Waals surface area contributed by atoms with Gasteiger partial charge in [0.05, 0.1) is 29.2 Å². The second-order valence-corrected chi connectivity index (χ2v) is 6.93. The quantitative estimate of drug-likeness (QED) is 0.579. The lowest BCUT2D eigenvalue weighted by Crippen LogP contribution is -2.38. The molecule has 5 heteroatoms. The van der Waals surface area contributed by atoms with Crippen LogP contribution in [0.4, 0.5) is 5.69 Å². The van der Waals surface area contributed by atoms with E-state index in [1.165, 1.54) is 4.90 Å². The summed E-state index contributed by atoms with van der Waals surface area (Å²) in [4.78, 5) is 26.8. The molecule has 0 unspecified atom stereocenters. The number of hydrogen-bond donors (Lipinski definition) is 0. The maximum atomic E-state index is 12.8. The minimum absolute atomic E-state index is 0.154. The summed E-state index contributed by atoms with van der Waals surface area (Å²) in [5.41, 5.74) is 1.05. The number of rotatable bonds is 1. The highest BCUT2D eigenvalue weighted by Crippen LogP contribution is 2.52. The smallest absolute Gasteiger partial charge is 0.241 e. The summed E-state index contributed by atoms with van der Waals surface area (Å²) in [6.45, 7) is 3.85. The van der Waals surface area contributed by atoms with Crippen LogP contribution in [0, 0.1) is 18.8 Å². The lowest BCUT2D eigenvalue weighted by Gasteiger charge is -2.24. The van der Waals surface area contributed by atoms with Crippen LogP contribution in [0.1, 0.15) is 12.5 Å². The van der Waals surface area contributed by atoms with E-state index in [9.17, 15) is 9.59 Å². The standard InChI is InChI=1S/C16H14BrNO3/c1-8-3-4-9(7-10(8)17)18-14(19)12-11-5-6-16(2,21-11)13(12)15(18)20/h3-7,11-13H,1-2H3/t11-,12-,13+,16+/m1/s1. The molecule has 3 aliphatic rings. The van der Waals surface area contributed by atoms with Gasteiger partial charge in [0.25, 0.3) is 0 Å². The van der Waals surface area contributed by atoms with Crippen LogP contribution >= 0.6 is 15.9 Å². The van der Waals surface area contributed by atoms with Crippen LogP contribution in [0.15, 0.2) is 34.8 Å². The summed E-state index contributed by atoms with van der Waals surface area (Å²) in [5.74, 6) is -1.10. The van der Waals surface area contributed by atoms with Crippen molar-refractivity contribution >= 4 is 33.4 Å². The number of carbonyl (C=O) groups excluding carboxylic acids is 2. The van der Waals surface area contributed by atoms with Gasteiger partial charge in [-0.2, -0.15) is 0 Å². The number of amides is 2. The van der Waals surface area contributed by atoms with Crippen molar-refractivity contribution in [3.63, 3.8) is 0 Å². The zero-order valence-corrected chi connectivity index (χ0v) is 13.3. The molecule has 4 rings (SSSR count). The van der Waals surface area contributed by atoms with E-state index < -0.39 is 11.5 Å². The third-order valence-corrected chi connectivity index (χ3v) is 5.60. The topological polar surface area (TPSA) is 46.6 Å². The third-order valence-electron chi connectivity index (χ3n) is 4.74. The molecule has 2 bridgehead atoms. The molecule has 2 fully saturated rings. The van der Waals surface area contributed by atoms with Gasteiger partial charge in [-0.15, -0.1) is 0 Å². The molecule has 1 aromatic carbocycles. The van der Waals surface area contributed by atoms with Crippen LogP contribution in [-0.4, -0.2) is 23.5 Å². The molecule has 2 saturated heterocycles.